The van der Waals surface area contributed by atoms with E-state index in [1.165, 1.54) is 0 Å². The van der Waals surface area contributed by atoms with Crippen molar-refractivity contribution < 1.29 is 5.11 Å². The molecule has 1 aromatic heterocycles. The molecule has 94 valence electrons. The largest absolute Gasteiger partial charge is 0.399 e. The zero-order valence-electron chi connectivity index (χ0n) is 10.2. The zero-order valence-corrected chi connectivity index (χ0v) is 10.2. The highest BCUT2D eigenvalue weighted by atomic mass is 16.3. The Morgan fingerprint density at radius 3 is 2.83 bits per heavy atom. The highest BCUT2D eigenvalue weighted by molar-refractivity contribution is 5.83. The van der Waals surface area contributed by atoms with Gasteiger partial charge in [0.1, 0.15) is 5.82 Å². The van der Waals surface area contributed by atoms with Gasteiger partial charge in [0.25, 0.3) is 0 Å². The molecule has 1 saturated carbocycles. The Kier molecular flexibility index (Phi) is 2.59. The van der Waals surface area contributed by atoms with E-state index in [0.29, 0.717) is 6.54 Å². The van der Waals surface area contributed by atoms with E-state index < -0.39 is 5.60 Å². The molecule has 0 atom stereocenters. The lowest BCUT2D eigenvalue weighted by atomic mass is 9.80. The number of anilines is 2. The molecule has 1 heterocycles. The number of nitrogens with two attached hydrogens (primary N) is 1. The van der Waals surface area contributed by atoms with Crippen LogP contribution in [0.15, 0.2) is 30.3 Å². The van der Waals surface area contributed by atoms with E-state index in [9.17, 15) is 5.11 Å². The molecule has 1 aliphatic carbocycles. The van der Waals surface area contributed by atoms with Crippen molar-refractivity contribution in [2.75, 3.05) is 17.6 Å². The van der Waals surface area contributed by atoms with Crippen LogP contribution in [-0.4, -0.2) is 22.2 Å². The third-order valence-electron chi connectivity index (χ3n) is 3.60. The van der Waals surface area contributed by atoms with E-state index >= 15 is 0 Å². The lowest BCUT2D eigenvalue weighted by Gasteiger charge is -2.36. The molecule has 4 N–H and O–H groups in total. The number of nitrogen functional groups attached to an aromatic ring is 1. The van der Waals surface area contributed by atoms with Crippen LogP contribution in [0.4, 0.5) is 11.5 Å². The summed E-state index contributed by atoms with van der Waals surface area (Å²) in [5.74, 6) is 0.799. The van der Waals surface area contributed by atoms with Crippen LogP contribution in [0.25, 0.3) is 10.9 Å². The van der Waals surface area contributed by atoms with Crippen LogP contribution in [0.3, 0.4) is 0 Å². The number of benzene rings is 1. The standard InChI is InChI=1S/C14H17N3O/c15-11-3-4-12-10(8-11)2-5-13(17-12)16-9-14(18)6-1-7-14/h2-5,8,18H,1,6-7,9,15H2,(H,16,17). The maximum absolute atomic E-state index is 10.0. The van der Waals surface area contributed by atoms with Crippen molar-refractivity contribution in [3.8, 4) is 0 Å². The minimum absolute atomic E-state index is 0.530. The van der Waals surface area contributed by atoms with Gasteiger partial charge in [-0.2, -0.15) is 0 Å². The van der Waals surface area contributed by atoms with Crippen LogP contribution in [0.5, 0.6) is 0 Å². The number of fused-ring (bicyclic) bond motifs is 1. The Morgan fingerprint density at radius 2 is 2.11 bits per heavy atom. The Morgan fingerprint density at radius 1 is 1.28 bits per heavy atom. The average Bonchev–Trinajstić information content (AvgIpc) is 2.34. The summed E-state index contributed by atoms with van der Waals surface area (Å²) in [6.07, 6.45) is 2.87. The summed E-state index contributed by atoms with van der Waals surface area (Å²) in [7, 11) is 0. The molecular formula is C14H17N3O. The number of aromatic nitrogens is 1. The molecule has 4 heteroatoms. The van der Waals surface area contributed by atoms with Gasteiger partial charge in [-0.3, -0.25) is 0 Å². The smallest absolute Gasteiger partial charge is 0.126 e. The van der Waals surface area contributed by atoms with Crippen LogP contribution in [0, 0.1) is 0 Å². The van der Waals surface area contributed by atoms with Gasteiger partial charge in [-0.15, -0.1) is 0 Å². The minimum Gasteiger partial charge on any atom is -0.399 e. The van der Waals surface area contributed by atoms with Gasteiger partial charge in [0.2, 0.25) is 0 Å². The molecular weight excluding hydrogens is 226 g/mol. The second kappa shape index (κ2) is 4.14. The third kappa shape index (κ3) is 2.11. The first-order valence-corrected chi connectivity index (χ1v) is 6.27. The number of hydrogen-bond acceptors (Lipinski definition) is 4. The lowest BCUT2D eigenvalue weighted by Crippen LogP contribution is -2.43. The van der Waals surface area contributed by atoms with Gasteiger partial charge in [0, 0.05) is 17.6 Å². The summed E-state index contributed by atoms with van der Waals surface area (Å²) in [5, 5.41) is 14.2. The molecule has 4 nitrogen and oxygen atoms in total. The quantitative estimate of drug-likeness (QED) is 0.722. The second-order valence-corrected chi connectivity index (χ2v) is 5.08. The van der Waals surface area contributed by atoms with E-state index in [4.69, 9.17) is 5.73 Å². The minimum atomic E-state index is -0.530. The molecule has 1 fully saturated rings. The summed E-state index contributed by atoms with van der Waals surface area (Å²) in [4.78, 5) is 4.50. The first-order valence-electron chi connectivity index (χ1n) is 6.27. The molecule has 3 rings (SSSR count). The SMILES string of the molecule is Nc1ccc2nc(NCC3(O)CCC3)ccc2c1. The number of rotatable bonds is 3. The van der Waals surface area contributed by atoms with E-state index in [-0.39, 0.29) is 0 Å². The van der Waals surface area contributed by atoms with Crippen molar-refractivity contribution in [2.45, 2.75) is 24.9 Å². The van der Waals surface area contributed by atoms with Crippen LogP contribution in [0.2, 0.25) is 0 Å². The Balaban J connectivity index is 1.78. The third-order valence-corrected chi connectivity index (χ3v) is 3.60. The summed E-state index contributed by atoms with van der Waals surface area (Å²) in [6.45, 7) is 0.570. The van der Waals surface area contributed by atoms with Gasteiger partial charge in [-0.25, -0.2) is 4.98 Å². The predicted octanol–water partition coefficient (Wildman–Crippen LogP) is 2.14. The highest BCUT2D eigenvalue weighted by Gasteiger charge is 2.33. The van der Waals surface area contributed by atoms with Gasteiger partial charge >= 0.3 is 0 Å². The Bertz CT molecular complexity index is 578. The Hall–Kier alpha value is -1.81. The van der Waals surface area contributed by atoms with Gasteiger partial charge in [-0.1, -0.05) is 0 Å². The fourth-order valence-corrected chi connectivity index (χ4v) is 2.26. The summed E-state index contributed by atoms with van der Waals surface area (Å²) >= 11 is 0. The second-order valence-electron chi connectivity index (χ2n) is 5.08. The lowest BCUT2D eigenvalue weighted by molar-refractivity contribution is -0.0202. The van der Waals surface area contributed by atoms with Gasteiger partial charge in [0.05, 0.1) is 11.1 Å². The van der Waals surface area contributed by atoms with Crippen LogP contribution >= 0.6 is 0 Å². The van der Waals surface area contributed by atoms with Gasteiger partial charge in [-0.05, 0) is 49.6 Å². The highest BCUT2D eigenvalue weighted by Crippen LogP contribution is 2.31. The number of pyridine rings is 1. The molecule has 0 radical (unpaired) electrons. The van der Waals surface area contributed by atoms with Crippen LogP contribution in [0.1, 0.15) is 19.3 Å². The Labute approximate surface area is 106 Å². The number of aliphatic hydroxyl groups is 1. The van der Waals surface area contributed by atoms with Gasteiger partial charge in [0.15, 0.2) is 0 Å². The van der Waals surface area contributed by atoms with Crippen molar-refractivity contribution in [3.05, 3.63) is 30.3 Å². The number of nitrogens with zero attached hydrogens (tertiary/aromatic N) is 1. The van der Waals surface area contributed by atoms with Crippen molar-refractivity contribution in [3.63, 3.8) is 0 Å². The maximum Gasteiger partial charge on any atom is 0.126 e. The fourth-order valence-electron chi connectivity index (χ4n) is 2.26. The van der Waals surface area contributed by atoms with E-state index in [0.717, 1.165) is 41.7 Å². The summed E-state index contributed by atoms with van der Waals surface area (Å²) in [5.41, 5.74) is 6.85. The van der Waals surface area contributed by atoms with Crippen molar-refractivity contribution in [1.82, 2.24) is 4.98 Å². The van der Waals surface area contributed by atoms with Gasteiger partial charge < -0.3 is 16.2 Å². The maximum atomic E-state index is 10.0. The molecule has 1 aromatic carbocycles. The molecule has 2 aromatic rings. The molecule has 0 bridgehead atoms. The predicted molar refractivity (Wildman–Crippen MR) is 73.4 cm³/mol. The normalized spacial score (nSPS) is 17.4. The van der Waals surface area contributed by atoms with Crippen molar-refractivity contribution >= 4 is 22.4 Å². The monoisotopic (exact) mass is 243 g/mol. The molecule has 1 aliphatic rings. The molecule has 18 heavy (non-hydrogen) atoms. The number of hydrogen-bond donors (Lipinski definition) is 3. The molecule has 0 amide bonds. The zero-order chi connectivity index (χ0) is 12.6. The van der Waals surface area contributed by atoms with Crippen molar-refractivity contribution in [2.24, 2.45) is 0 Å². The topological polar surface area (TPSA) is 71.2 Å². The number of nitrogens with one attached hydrogen (secondary N) is 1. The van der Waals surface area contributed by atoms with Crippen molar-refractivity contribution in [1.29, 1.82) is 0 Å². The summed E-state index contributed by atoms with van der Waals surface area (Å²) in [6, 6.07) is 9.58. The van der Waals surface area contributed by atoms with Crippen LogP contribution in [-0.2, 0) is 0 Å². The molecule has 0 saturated heterocycles. The molecule has 0 spiro atoms. The first kappa shape index (κ1) is 11.3. The molecule has 0 aliphatic heterocycles. The van der Waals surface area contributed by atoms with E-state index in [1.54, 1.807) is 0 Å². The average molecular weight is 243 g/mol. The fraction of sp³-hybridized carbons (Fsp3) is 0.357. The molecule has 0 unspecified atom stereocenters. The van der Waals surface area contributed by atoms with E-state index in [1.807, 2.05) is 30.3 Å². The van der Waals surface area contributed by atoms with Crippen LogP contribution < -0.4 is 11.1 Å². The van der Waals surface area contributed by atoms with E-state index in [2.05, 4.69) is 10.3 Å². The summed E-state index contributed by atoms with van der Waals surface area (Å²) < 4.78 is 0. The first-order chi connectivity index (χ1) is 8.65.